The Bertz CT molecular complexity index is 730. The summed E-state index contributed by atoms with van der Waals surface area (Å²) in [6.07, 6.45) is 2.57. The zero-order valence-electron chi connectivity index (χ0n) is 14.8. The maximum absolute atomic E-state index is 12.3. The number of benzene rings is 2. The van der Waals surface area contributed by atoms with Crippen molar-refractivity contribution >= 4 is 12.1 Å². The van der Waals surface area contributed by atoms with Crippen LogP contribution in [0.3, 0.4) is 0 Å². The Kier molecular flexibility index (Phi) is 6.39. The average Bonchev–Trinajstić information content (AvgIpc) is 2.67. The second-order valence-corrected chi connectivity index (χ2v) is 5.21. The van der Waals surface area contributed by atoms with E-state index in [0.717, 1.165) is 12.0 Å². The number of nitrogens with one attached hydrogen (secondary N) is 1. The van der Waals surface area contributed by atoms with Gasteiger partial charge in [-0.1, -0.05) is 31.2 Å². The molecule has 0 saturated heterocycles. The summed E-state index contributed by atoms with van der Waals surface area (Å²) in [4.78, 5) is 12.3. The number of methoxy groups -OCH3 is 3. The van der Waals surface area contributed by atoms with E-state index in [-0.39, 0.29) is 5.91 Å². The number of carbonyl (C=O) groups is 1. The van der Waals surface area contributed by atoms with Crippen molar-refractivity contribution in [2.45, 2.75) is 13.3 Å². The predicted octanol–water partition coefficient (Wildman–Crippen LogP) is 3.04. The number of ether oxygens (including phenoxy) is 3. The molecule has 0 aliphatic heterocycles. The van der Waals surface area contributed by atoms with E-state index in [1.165, 1.54) is 26.9 Å². The van der Waals surface area contributed by atoms with Gasteiger partial charge in [-0.2, -0.15) is 5.10 Å². The number of carbonyl (C=O) groups excluding carboxylic acids is 1. The molecule has 0 aliphatic carbocycles. The van der Waals surface area contributed by atoms with Crippen molar-refractivity contribution in [1.29, 1.82) is 0 Å². The summed E-state index contributed by atoms with van der Waals surface area (Å²) in [6.45, 7) is 2.10. The number of aryl methyl sites for hydroxylation is 1. The molecule has 1 amide bonds. The summed E-state index contributed by atoms with van der Waals surface area (Å²) in [7, 11) is 4.50. The second-order valence-electron chi connectivity index (χ2n) is 5.21. The Morgan fingerprint density at radius 3 is 2.12 bits per heavy atom. The van der Waals surface area contributed by atoms with Crippen molar-refractivity contribution in [1.82, 2.24) is 5.43 Å². The Hall–Kier alpha value is -3.02. The van der Waals surface area contributed by atoms with E-state index in [4.69, 9.17) is 14.2 Å². The fraction of sp³-hybridized carbons (Fsp3) is 0.263. The fourth-order valence-corrected chi connectivity index (χ4v) is 2.28. The molecule has 2 aromatic carbocycles. The van der Waals surface area contributed by atoms with Gasteiger partial charge in [-0.3, -0.25) is 4.79 Å². The van der Waals surface area contributed by atoms with Crippen LogP contribution in [0.2, 0.25) is 0 Å². The van der Waals surface area contributed by atoms with Gasteiger partial charge in [0.05, 0.1) is 27.5 Å². The maximum atomic E-state index is 12.3. The van der Waals surface area contributed by atoms with Crippen LogP contribution >= 0.6 is 0 Å². The minimum absolute atomic E-state index is 0.355. The Morgan fingerprint density at radius 1 is 1.04 bits per heavy atom. The number of nitrogens with zero attached hydrogens (tertiary/aromatic N) is 1. The van der Waals surface area contributed by atoms with Gasteiger partial charge in [0, 0.05) is 5.56 Å². The molecule has 0 aliphatic rings. The number of hydrogen-bond acceptors (Lipinski definition) is 5. The Morgan fingerprint density at radius 2 is 1.64 bits per heavy atom. The molecule has 6 nitrogen and oxygen atoms in total. The molecule has 0 unspecified atom stereocenters. The van der Waals surface area contributed by atoms with Crippen LogP contribution in [-0.2, 0) is 6.42 Å². The summed E-state index contributed by atoms with van der Waals surface area (Å²) < 4.78 is 15.7. The van der Waals surface area contributed by atoms with E-state index in [0.29, 0.717) is 22.8 Å². The molecule has 132 valence electrons. The van der Waals surface area contributed by atoms with Gasteiger partial charge < -0.3 is 14.2 Å². The van der Waals surface area contributed by atoms with E-state index in [1.807, 2.05) is 24.3 Å². The van der Waals surface area contributed by atoms with Crippen molar-refractivity contribution in [2.24, 2.45) is 5.10 Å². The van der Waals surface area contributed by atoms with Crippen molar-refractivity contribution in [3.05, 3.63) is 53.1 Å². The molecule has 0 bridgehead atoms. The quantitative estimate of drug-likeness (QED) is 0.620. The molecule has 0 saturated carbocycles. The van der Waals surface area contributed by atoms with Crippen molar-refractivity contribution in [2.75, 3.05) is 21.3 Å². The molecule has 6 heteroatoms. The molecule has 2 rings (SSSR count). The molecule has 25 heavy (non-hydrogen) atoms. The van der Waals surface area contributed by atoms with Crippen LogP contribution in [0.5, 0.6) is 17.2 Å². The third-order valence-corrected chi connectivity index (χ3v) is 3.69. The molecular weight excluding hydrogens is 320 g/mol. The van der Waals surface area contributed by atoms with E-state index >= 15 is 0 Å². The van der Waals surface area contributed by atoms with Gasteiger partial charge in [-0.05, 0) is 29.7 Å². The Labute approximate surface area is 147 Å². The van der Waals surface area contributed by atoms with Crippen LogP contribution in [0.4, 0.5) is 0 Å². The number of amides is 1. The lowest BCUT2D eigenvalue weighted by atomic mass is 10.1. The van der Waals surface area contributed by atoms with Crippen LogP contribution in [0.25, 0.3) is 0 Å². The summed E-state index contributed by atoms with van der Waals surface area (Å²) in [5.41, 5.74) is 5.00. The average molecular weight is 342 g/mol. The fourth-order valence-electron chi connectivity index (χ4n) is 2.28. The summed E-state index contributed by atoms with van der Waals surface area (Å²) >= 11 is 0. The molecule has 0 spiro atoms. The maximum Gasteiger partial charge on any atom is 0.271 e. The van der Waals surface area contributed by atoms with E-state index in [2.05, 4.69) is 17.5 Å². The lowest BCUT2D eigenvalue weighted by molar-refractivity contribution is 0.0954. The highest BCUT2D eigenvalue weighted by Gasteiger charge is 2.16. The van der Waals surface area contributed by atoms with Gasteiger partial charge in [0.25, 0.3) is 5.91 Å². The third-order valence-electron chi connectivity index (χ3n) is 3.69. The first-order chi connectivity index (χ1) is 12.1. The zero-order valence-corrected chi connectivity index (χ0v) is 14.8. The van der Waals surface area contributed by atoms with E-state index in [1.54, 1.807) is 18.3 Å². The van der Waals surface area contributed by atoms with Crippen LogP contribution in [0, 0.1) is 0 Å². The minimum Gasteiger partial charge on any atom is -0.493 e. The molecule has 2 aromatic rings. The molecule has 0 aromatic heterocycles. The van der Waals surface area contributed by atoms with Crippen molar-refractivity contribution in [3.8, 4) is 17.2 Å². The van der Waals surface area contributed by atoms with Crippen LogP contribution in [0.15, 0.2) is 41.5 Å². The molecule has 0 atom stereocenters. The SMILES string of the molecule is CCc1ccc(C=NNC(=O)c2cc(OC)c(OC)c(OC)c2)cc1. The molecule has 0 fully saturated rings. The molecule has 1 N–H and O–H groups in total. The first kappa shape index (κ1) is 18.3. The lowest BCUT2D eigenvalue weighted by Crippen LogP contribution is -2.18. The topological polar surface area (TPSA) is 69.2 Å². The Balaban J connectivity index is 2.13. The highest BCUT2D eigenvalue weighted by atomic mass is 16.5. The number of rotatable bonds is 7. The molecular formula is C19H22N2O4. The van der Waals surface area contributed by atoms with Gasteiger partial charge in [0.2, 0.25) is 5.75 Å². The highest BCUT2D eigenvalue weighted by molar-refractivity contribution is 5.96. The van der Waals surface area contributed by atoms with Crippen LogP contribution in [0.1, 0.15) is 28.4 Å². The van der Waals surface area contributed by atoms with E-state index < -0.39 is 0 Å². The lowest BCUT2D eigenvalue weighted by Gasteiger charge is -2.13. The molecule has 0 radical (unpaired) electrons. The zero-order chi connectivity index (χ0) is 18.2. The highest BCUT2D eigenvalue weighted by Crippen LogP contribution is 2.38. The van der Waals surface area contributed by atoms with Gasteiger partial charge in [-0.15, -0.1) is 0 Å². The molecule has 0 heterocycles. The second kappa shape index (κ2) is 8.73. The van der Waals surface area contributed by atoms with Crippen LogP contribution in [-0.4, -0.2) is 33.5 Å². The van der Waals surface area contributed by atoms with Crippen molar-refractivity contribution < 1.29 is 19.0 Å². The minimum atomic E-state index is -0.374. The third kappa shape index (κ3) is 4.50. The van der Waals surface area contributed by atoms with Gasteiger partial charge >= 0.3 is 0 Å². The predicted molar refractivity (Wildman–Crippen MR) is 97.0 cm³/mol. The standard InChI is InChI=1S/C19H22N2O4/c1-5-13-6-8-14(9-7-13)12-20-21-19(22)15-10-16(23-2)18(25-4)17(11-15)24-3/h6-12H,5H2,1-4H3,(H,21,22). The first-order valence-electron chi connectivity index (χ1n) is 7.85. The largest absolute Gasteiger partial charge is 0.493 e. The summed E-state index contributed by atoms with van der Waals surface area (Å²) in [6, 6.07) is 11.1. The summed E-state index contributed by atoms with van der Waals surface area (Å²) in [5, 5.41) is 3.99. The van der Waals surface area contributed by atoms with Crippen LogP contribution < -0.4 is 19.6 Å². The van der Waals surface area contributed by atoms with Crippen molar-refractivity contribution in [3.63, 3.8) is 0 Å². The van der Waals surface area contributed by atoms with Gasteiger partial charge in [-0.25, -0.2) is 5.43 Å². The van der Waals surface area contributed by atoms with Gasteiger partial charge in [0.15, 0.2) is 11.5 Å². The smallest absolute Gasteiger partial charge is 0.271 e. The monoisotopic (exact) mass is 342 g/mol. The van der Waals surface area contributed by atoms with E-state index in [9.17, 15) is 4.79 Å². The number of hydrazone groups is 1. The number of hydrogen-bond donors (Lipinski definition) is 1. The van der Waals surface area contributed by atoms with Gasteiger partial charge in [0.1, 0.15) is 0 Å². The normalized spacial score (nSPS) is 10.6. The first-order valence-corrected chi connectivity index (χ1v) is 7.85. The summed E-state index contributed by atoms with van der Waals surface area (Å²) in [5.74, 6) is 0.874.